The highest BCUT2D eigenvalue weighted by atomic mass is 19.1. The van der Waals surface area contributed by atoms with Gasteiger partial charge in [-0.25, -0.2) is 23.1 Å². The molecule has 4 aliphatic carbocycles. The quantitative estimate of drug-likeness (QED) is 0.222. The SMILES string of the molecule is CCCN(Cc1cn([C@@H]2CC[C@@]3(C)C(CC[C@H]4[C@@H]5C[C@@H]6O[C@]7(CC[C@@H](C)CO7)[C@@H](C)[C@@H]6[C@@]5(C)CC[C@@H]43)C2)nn1)CC(O)(Cn1cncn1)c1ccc(F)cc1F. The molecule has 0 radical (unpaired) electrons. The molecule has 0 amide bonds. The highest BCUT2D eigenvalue weighted by Gasteiger charge is 2.69. The van der Waals surface area contributed by atoms with Gasteiger partial charge in [0.1, 0.15) is 29.9 Å². The minimum absolute atomic E-state index is 0.0255. The topological polar surface area (TPSA) is 103 Å². The number of aromatic nitrogens is 6. The Morgan fingerprint density at radius 3 is 2.61 bits per heavy atom. The van der Waals surface area contributed by atoms with Crippen molar-refractivity contribution >= 4 is 0 Å². The van der Waals surface area contributed by atoms with E-state index in [2.05, 4.69) is 65.6 Å². The Bertz CT molecular complexity index is 1850. The first-order valence-corrected chi connectivity index (χ1v) is 21.8. The first kappa shape index (κ1) is 38.7. The van der Waals surface area contributed by atoms with Gasteiger partial charge in [-0.1, -0.05) is 45.9 Å². The maximum absolute atomic E-state index is 15.2. The van der Waals surface area contributed by atoms with E-state index in [4.69, 9.17) is 14.7 Å². The molecular weight excluding hydrogens is 713 g/mol. The Morgan fingerprint density at radius 2 is 1.86 bits per heavy atom. The van der Waals surface area contributed by atoms with Crippen LogP contribution in [0.3, 0.4) is 0 Å². The van der Waals surface area contributed by atoms with Crippen LogP contribution >= 0.6 is 0 Å². The molecule has 1 N–H and O–H groups in total. The molecule has 4 heterocycles. The zero-order chi connectivity index (χ0) is 39.0. The molecule has 9 rings (SSSR count). The van der Waals surface area contributed by atoms with Gasteiger partial charge in [0.25, 0.3) is 0 Å². The maximum atomic E-state index is 15.2. The second-order valence-electron chi connectivity index (χ2n) is 19.8. The van der Waals surface area contributed by atoms with E-state index in [0.717, 1.165) is 61.8 Å². The number of ether oxygens (including phenoxy) is 2. The lowest BCUT2D eigenvalue weighted by molar-refractivity contribution is -0.273. The van der Waals surface area contributed by atoms with Crippen LogP contribution in [-0.2, 0) is 28.2 Å². The van der Waals surface area contributed by atoms with E-state index >= 15 is 4.39 Å². The van der Waals surface area contributed by atoms with Crippen LogP contribution in [0.25, 0.3) is 0 Å². The predicted octanol–water partition coefficient (Wildman–Crippen LogP) is 7.94. The molecular formula is C44H63F2N7O3. The summed E-state index contributed by atoms with van der Waals surface area (Å²) in [6.07, 6.45) is 18.3. The molecule has 3 aromatic rings. The van der Waals surface area contributed by atoms with Crippen molar-refractivity contribution in [1.29, 1.82) is 0 Å². The predicted molar refractivity (Wildman–Crippen MR) is 207 cm³/mol. The molecule has 6 aliphatic rings. The number of nitrogens with zero attached hydrogens (tertiary/aromatic N) is 7. The second kappa shape index (κ2) is 14.5. The number of hydrogen-bond donors (Lipinski definition) is 1. The standard InChI is InChI=1S/C44H63F2N7O3/c1-6-17-51(24-43(54,25-52-27-47-26-48-52)36-10-8-31(45)19-38(36)46)21-32-22-53(50-49-32)33-12-14-41(4)30(18-33)7-9-34-35(41)13-15-42(5)37(34)20-39-40(42)29(3)44(56-39)16-11-28(2)23-55-44/h8,10,19,22,26-30,33-35,37,39-40,54H,6-7,9,11-18,20-21,23-25H2,1-5H3/t28-,29+,30?,33-,34-,35+,37+,39+,40+,41+,42+,43?,44-/m1/s1. The number of fused-ring (bicyclic) bond motifs is 7. The average Bonchev–Trinajstić information content (AvgIpc) is 3.95. The highest BCUT2D eigenvalue weighted by Crippen LogP contribution is 2.71. The molecule has 12 heteroatoms. The van der Waals surface area contributed by atoms with Crippen LogP contribution in [0, 0.1) is 63.9 Å². The Kier molecular flexibility index (Phi) is 10.0. The van der Waals surface area contributed by atoms with E-state index < -0.39 is 17.2 Å². The van der Waals surface area contributed by atoms with Crippen molar-refractivity contribution in [2.24, 2.45) is 52.3 Å². The molecule has 1 spiro atoms. The summed E-state index contributed by atoms with van der Waals surface area (Å²) in [4.78, 5) is 6.08. The zero-order valence-corrected chi connectivity index (χ0v) is 34.1. The number of aliphatic hydroxyl groups is 1. The molecule has 1 aromatic carbocycles. The molecule has 2 aliphatic heterocycles. The third-order valence-electron chi connectivity index (χ3n) is 16.6. The van der Waals surface area contributed by atoms with E-state index in [-0.39, 0.29) is 24.4 Å². The molecule has 2 unspecified atom stereocenters. The second-order valence-corrected chi connectivity index (χ2v) is 19.8. The summed E-state index contributed by atoms with van der Waals surface area (Å²) in [5, 5.41) is 25.6. The number of rotatable bonds is 10. The summed E-state index contributed by atoms with van der Waals surface area (Å²) >= 11 is 0. The van der Waals surface area contributed by atoms with E-state index in [9.17, 15) is 9.50 Å². The molecule has 2 saturated heterocycles. The molecule has 56 heavy (non-hydrogen) atoms. The van der Waals surface area contributed by atoms with E-state index in [1.54, 1.807) is 0 Å². The van der Waals surface area contributed by atoms with Gasteiger partial charge in [0, 0.05) is 37.1 Å². The Morgan fingerprint density at radius 1 is 1.02 bits per heavy atom. The fraction of sp³-hybridized carbons (Fsp3) is 0.773. The summed E-state index contributed by atoms with van der Waals surface area (Å²) in [5.41, 5.74) is -0.155. The summed E-state index contributed by atoms with van der Waals surface area (Å²) in [7, 11) is 0. The minimum atomic E-state index is -1.69. The van der Waals surface area contributed by atoms with Crippen LogP contribution in [0.5, 0.6) is 0 Å². The Labute approximate surface area is 331 Å². The minimum Gasteiger partial charge on any atom is -0.382 e. The Balaban J connectivity index is 0.864. The molecule has 13 atom stereocenters. The van der Waals surface area contributed by atoms with E-state index in [1.165, 1.54) is 74.4 Å². The zero-order valence-electron chi connectivity index (χ0n) is 34.1. The van der Waals surface area contributed by atoms with Gasteiger partial charge in [-0.15, -0.1) is 5.10 Å². The van der Waals surface area contributed by atoms with Gasteiger partial charge in [-0.3, -0.25) is 4.90 Å². The van der Waals surface area contributed by atoms with E-state index in [0.29, 0.717) is 59.7 Å². The van der Waals surface area contributed by atoms with Gasteiger partial charge in [0.05, 0.1) is 37.2 Å². The van der Waals surface area contributed by atoms with Crippen LogP contribution in [0.1, 0.15) is 123 Å². The number of hydrogen-bond acceptors (Lipinski definition) is 8. The van der Waals surface area contributed by atoms with Crippen molar-refractivity contribution < 1.29 is 23.4 Å². The van der Waals surface area contributed by atoms with Crippen molar-refractivity contribution in [3.63, 3.8) is 0 Å². The monoisotopic (exact) mass is 775 g/mol. The van der Waals surface area contributed by atoms with Crippen molar-refractivity contribution in [2.45, 2.75) is 142 Å². The van der Waals surface area contributed by atoms with Crippen molar-refractivity contribution in [1.82, 2.24) is 34.7 Å². The molecule has 10 nitrogen and oxygen atoms in total. The van der Waals surface area contributed by atoms with Gasteiger partial charge in [0.15, 0.2) is 5.79 Å². The molecule has 6 fully saturated rings. The summed E-state index contributed by atoms with van der Waals surface area (Å²) in [6, 6.07) is 3.64. The van der Waals surface area contributed by atoms with Crippen LogP contribution in [0.2, 0.25) is 0 Å². The lowest BCUT2D eigenvalue weighted by Gasteiger charge is -2.61. The highest BCUT2D eigenvalue weighted by molar-refractivity contribution is 5.26. The molecule has 4 saturated carbocycles. The third-order valence-corrected chi connectivity index (χ3v) is 16.6. The first-order chi connectivity index (χ1) is 26.8. The summed E-state index contributed by atoms with van der Waals surface area (Å²) in [5.74, 6) is 2.82. The van der Waals surface area contributed by atoms with Crippen molar-refractivity contribution in [3.8, 4) is 0 Å². The van der Waals surface area contributed by atoms with Gasteiger partial charge in [-0.2, -0.15) is 5.10 Å². The first-order valence-electron chi connectivity index (χ1n) is 21.8. The van der Waals surface area contributed by atoms with Gasteiger partial charge in [0.2, 0.25) is 0 Å². The lowest BCUT2D eigenvalue weighted by Crippen LogP contribution is -2.54. The fourth-order valence-electron chi connectivity index (χ4n) is 13.9. The number of halogens is 2. The fourth-order valence-corrected chi connectivity index (χ4v) is 13.9. The maximum Gasteiger partial charge on any atom is 0.171 e. The average molecular weight is 776 g/mol. The van der Waals surface area contributed by atoms with Gasteiger partial charge >= 0.3 is 0 Å². The molecule has 2 aromatic heterocycles. The van der Waals surface area contributed by atoms with Gasteiger partial charge < -0.3 is 14.6 Å². The normalized spacial score (nSPS) is 40.3. The molecule has 306 valence electrons. The number of benzene rings is 1. The van der Waals surface area contributed by atoms with Gasteiger partial charge in [-0.05, 0) is 123 Å². The van der Waals surface area contributed by atoms with Crippen LogP contribution in [0.4, 0.5) is 8.78 Å². The van der Waals surface area contributed by atoms with Crippen LogP contribution in [0.15, 0.2) is 37.1 Å². The van der Waals surface area contributed by atoms with Crippen molar-refractivity contribution in [2.75, 3.05) is 19.7 Å². The Hall–Kier alpha value is -2.80. The van der Waals surface area contributed by atoms with Crippen LogP contribution in [-0.4, -0.2) is 71.4 Å². The largest absolute Gasteiger partial charge is 0.382 e. The summed E-state index contributed by atoms with van der Waals surface area (Å²) < 4.78 is 46.3. The lowest BCUT2D eigenvalue weighted by atomic mass is 9.44. The summed E-state index contributed by atoms with van der Waals surface area (Å²) in [6.45, 7) is 14.1. The van der Waals surface area contributed by atoms with Crippen molar-refractivity contribution in [3.05, 3.63) is 59.9 Å². The molecule has 0 bridgehead atoms. The van der Waals surface area contributed by atoms with E-state index in [1.807, 2.05) is 0 Å². The smallest absolute Gasteiger partial charge is 0.171 e. The third kappa shape index (κ3) is 6.47. The van der Waals surface area contributed by atoms with Crippen LogP contribution < -0.4 is 0 Å².